The van der Waals surface area contributed by atoms with Crippen molar-refractivity contribution in [1.82, 2.24) is 0 Å². The number of benzene rings is 1. The standard InChI is InChI=1S/C10H12BrClO2S/c1-15(13,14)7-10(12)6-8-2-4-9(11)5-3-8/h2-5,10H,6-7H2,1H3. The monoisotopic (exact) mass is 310 g/mol. The zero-order chi connectivity index (χ0) is 11.5. The predicted molar refractivity (Wildman–Crippen MR) is 67.2 cm³/mol. The first-order chi connectivity index (χ1) is 6.87. The molecule has 0 N–H and O–H groups in total. The molecule has 0 aliphatic rings. The highest BCUT2D eigenvalue weighted by atomic mass is 79.9. The van der Waals surface area contributed by atoms with Gasteiger partial charge in [0, 0.05) is 10.7 Å². The molecule has 0 fully saturated rings. The Labute approximate surface area is 104 Å². The lowest BCUT2D eigenvalue weighted by atomic mass is 10.1. The first kappa shape index (κ1) is 13.0. The van der Waals surface area contributed by atoms with Gasteiger partial charge < -0.3 is 0 Å². The van der Waals surface area contributed by atoms with Crippen molar-refractivity contribution in [3.05, 3.63) is 34.3 Å². The Morgan fingerprint density at radius 3 is 2.33 bits per heavy atom. The second kappa shape index (κ2) is 5.32. The van der Waals surface area contributed by atoms with E-state index in [0.29, 0.717) is 6.42 Å². The van der Waals surface area contributed by atoms with Gasteiger partial charge in [0.1, 0.15) is 9.84 Å². The summed E-state index contributed by atoms with van der Waals surface area (Å²) in [7, 11) is -2.99. The average molecular weight is 312 g/mol. The topological polar surface area (TPSA) is 34.1 Å². The third kappa shape index (κ3) is 5.54. The fraction of sp³-hybridized carbons (Fsp3) is 0.400. The number of hydrogen-bond donors (Lipinski definition) is 0. The quantitative estimate of drug-likeness (QED) is 0.801. The maximum Gasteiger partial charge on any atom is 0.148 e. The zero-order valence-electron chi connectivity index (χ0n) is 8.28. The molecule has 5 heteroatoms. The van der Waals surface area contributed by atoms with Crippen molar-refractivity contribution >= 4 is 37.4 Å². The van der Waals surface area contributed by atoms with E-state index in [1.54, 1.807) is 0 Å². The number of rotatable bonds is 4. The minimum absolute atomic E-state index is 0.0185. The van der Waals surface area contributed by atoms with Gasteiger partial charge in [-0.2, -0.15) is 0 Å². The van der Waals surface area contributed by atoms with Crippen LogP contribution >= 0.6 is 27.5 Å². The van der Waals surface area contributed by atoms with Crippen molar-refractivity contribution in [3.63, 3.8) is 0 Å². The van der Waals surface area contributed by atoms with Crippen molar-refractivity contribution in [2.75, 3.05) is 12.0 Å². The van der Waals surface area contributed by atoms with Crippen molar-refractivity contribution in [1.29, 1.82) is 0 Å². The summed E-state index contributed by atoms with van der Waals surface area (Å²) >= 11 is 9.28. The van der Waals surface area contributed by atoms with Gasteiger partial charge in [0.05, 0.1) is 11.1 Å². The van der Waals surface area contributed by atoms with Crippen LogP contribution in [0.25, 0.3) is 0 Å². The van der Waals surface area contributed by atoms with Crippen LogP contribution in [0, 0.1) is 0 Å². The van der Waals surface area contributed by atoms with E-state index in [1.165, 1.54) is 6.26 Å². The summed E-state index contributed by atoms with van der Waals surface area (Å²) in [4.78, 5) is 0. The van der Waals surface area contributed by atoms with Crippen LogP contribution in [0.1, 0.15) is 5.56 Å². The summed E-state index contributed by atoms with van der Waals surface area (Å²) in [6, 6.07) is 7.70. The van der Waals surface area contributed by atoms with E-state index in [0.717, 1.165) is 10.0 Å². The van der Waals surface area contributed by atoms with Gasteiger partial charge >= 0.3 is 0 Å². The first-order valence-electron chi connectivity index (χ1n) is 4.43. The van der Waals surface area contributed by atoms with E-state index in [4.69, 9.17) is 11.6 Å². The normalized spacial score (nSPS) is 13.8. The van der Waals surface area contributed by atoms with Crippen LogP contribution in [-0.2, 0) is 16.3 Å². The molecule has 0 aromatic heterocycles. The van der Waals surface area contributed by atoms with Crippen molar-refractivity contribution in [3.8, 4) is 0 Å². The van der Waals surface area contributed by atoms with E-state index in [1.807, 2.05) is 24.3 Å². The molecule has 0 heterocycles. The Balaban J connectivity index is 2.59. The number of alkyl halides is 1. The van der Waals surface area contributed by atoms with Gasteiger partial charge in [-0.05, 0) is 24.1 Å². The van der Waals surface area contributed by atoms with Crippen LogP contribution in [0.5, 0.6) is 0 Å². The molecule has 0 aliphatic heterocycles. The van der Waals surface area contributed by atoms with Crippen LogP contribution in [0.2, 0.25) is 0 Å². The molecule has 0 radical (unpaired) electrons. The number of sulfone groups is 1. The van der Waals surface area contributed by atoms with E-state index in [-0.39, 0.29) is 11.1 Å². The van der Waals surface area contributed by atoms with E-state index in [2.05, 4.69) is 15.9 Å². The summed E-state index contributed by atoms with van der Waals surface area (Å²) in [5.74, 6) is 0.0185. The van der Waals surface area contributed by atoms with Gasteiger partial charge in [0.25, 0.3) is 0 Å². The van der Waals surface area contributed by atoms with Crippen molar-refractivity contribution in [2.24, 2.45) is 0 Å². The number of hydrogen-bond acceptors (Lipinski definition) is 2. The molecule has 0 saturated carbocycles. The Hall–Kier alpha value is -0.0600. The van der Waals surface area contributed by atoms with E-state index in [9.17, 15) is 8.42 Å². The Bertz CT molecular complexity index is 414. The SMILES string of the molecule is CS(=O)(=O)CC(Cl)Cc1ccc(Br)cc1. The van der Waals surface area contributed by atoms with Gasteiger partial charge in [0.15, 0.2) is 0 Å². The van der Waals surface area contributed by atoms with Crippen molar-refractivity contribution < 1.29 is 8.42 Å². The number of halogens is 2. The molecule has 2 nitrogen and oxygen atoms in total. The zero-order valence-corrected chi connectivity index (χ0v) is 11.4. The van der Waals surface area contributed by atoms with Crippen LogP contribution < -0.4 is 0 Å². The van der Waals surface area contributed by atoms with Crippen LogP contribution in [-0.4, -0.2) is 25.8 Å². The molecule has 0 amide bonds. The molecular formula is C10H12BrClO2S. The molecule has 84 valence electrons. The van der Waals surface area contributed by atoms with Crippen molar-refractivity contribution in [2.45, 2.75) is 11.8 Å². The highest BCUT2D eigenvalue weighted by Gasteiger charge is 2.12. The minimum Gasteiger partial charge on any atom is -0.229 e. The third-order valence-electron chi connectivity index (χ3n) is 1.85. The second-order valence-electron chi connectivity index (χ2n) is 3.52. The highest BCUT2D eigenvalue weighted by molar-refractivity contribution is 9.10. The minimum atomic E-state index is -2.99. The van der Waals surface area contributed by atoms with E-state index >= 15 is 0 Å². The third-order valence-corrected chi connectivity index (χ3v) is 3.88. The average Bonchev–Trinajstić information content (AvgIpc) is 2.05. The summed E-state index contributed by atoms with van der Waals surface area (Å²) in [6.45, 7) is 0. The molecule has 0 bridgehead atoms. The van der Waals surface area contributed by atoms with Crippen LogP contribution in [0.4, 0.5) is 0 Å². The maximum atomic E-state index is 11.0. The van der Waals surface area contributed by atoms with E-state index < -0.39 is 9.84 Å². The summed E-state index contributed by atoms with van der Waals surface area (Å²) < 4.78 is 23.0. The molecule has 1 unspecified atom stereocenters. The second-order valence-corrected chi connectivity index (χ2v) is 7.24. The van der Waals surface area contributed by atoms with Gasteiger partial charge in [-0.3, -0.25) is 0 Å². The Kier molecular flexibility index (Phi) is 4.62. The first-order valence-corrected chi connectivity index (χ1v) is 7.72. The molecule has 1 aromatic rings. The van der Waals surface area contributed by atoms with Gasteiger partial charge in [-0.25, -0.2) is 8.42 Å². The van der Waals surface area contributed by atoms with Gasteiger partial charge in [-0.1, -0.05) is 28.1 Å². The fourth-order valence-electron chi connectivity index (χ4n) is 1.26. The molecule has 1 atom stereocenters. The highest BCUT2D eigenvalue weighted by Crippen LogP contribution is 2.14. The fourth-order valence-corrected chi connectivity index (χ4v) is 3.17. The molecule has 0 spiro atoms. The Morgan fingerprint density at radius 2 is 1.87 bits per heavy atom. The summed E-state index contributed by atoms with van der Waals surface area (Å²) in [5.41, 5.74) is 1.04. The largest absolute Gasteiger partial charge is 0.229 e. The lowest BCUT2D eigenvalue weighted by Crippen LogP contribution is -2.17. The smallest absolute Gasteiger partial charge is 0.148 e. The molecular weight excluding hydrogens is 300 g/mol. The Morgan fingerprint density at radius 1 is 1.33 bits per heavy atom. The summed E-state index contributed by atoms with van der Waals surface area (Å²) in [5, 5.41) is -0.360. The van der Waals surface area contributed by atoms with Gasteiger partial charge in [-0.15, -0.1) is 11.6 Å². The predicted octanol–water partition coefficient (Wildman–Crippen LogP) is 2.64. The molecule has 0 aliphatic carbocycles. The van der Waals surface area contributed by atoms with Crippen LogP contribution in [0.3, 0.4) is 0 Å². The molecule has 0 saturated heterocycles. The summed E-state index contributed by atoms with van der Waals surface area (Å²) in [6.07, 6.45) is 1.77. The lowest BCUT2D eigenvalue weighted by molar-refractivity contribution is 0.599. The maximum absolute atomic E-state index is 11.0. The molecule has 1 rings (SSSR count). The van der Waals surface area contributed by atoms with Crippen LogP contribution in [0.15, 0.2) is 28.7 Å². The lowest BCUT2D eigenvalue weighted by Gasteiger charge is -2.07. The van der Waals surface area contributed by atoms with Gasteiger partial charge in [0.2, 0.25) is 0 Å². The molecule has 15 heavy (non-hydrogen) atoms. The molecule has 1 aromatic carbocycles.